The standard InChI is InChI=1S/C11H15N3O4.ClH/c1-18-10-5-7(8-6-12-2-3-13-8)4-9(11(10)15)14(16)17;/h4-5,8,12-13,15H,2-3,6H2,1H3;1H/t8-;/m0./s1. The van der Waals surface area contributed by atoms with Gasteiger partial charge in [-0.2, -0.15) is 0 Å². The van der Waals surface area contributed by atoms with Crippen LogP contribution in [0.3, 0.4) is 0 Å². The predicted molar refractivity (Wildman–Crippen MR) is 72.2 cm³/mol. The third-order valence-corrected chi connectivity index (χ3v) is 2.94. The van der Waals surface area contributed by atoms with E-state index in [-0.39, 0.29) is 29.9 Å². The molecule has 1 heterocycles. The Morgan fingerprint density at radius 2 is 2.21 bits per heavy atom. The average molecular weight is 290 g/mol. The number of rotatable bonds is 3. The lowest BCUT2D eigenvalue weighted by molar-refractivity contribution is -0.386. The molecule has 0 bridgehead atoms. The Bertz CT molecular complexity index is 463. The molecule has 1 aromatic rings. The number of ether oxygens (including phenoxy) is 1. The van der Waals surface area contributed by atoms with Gasteiger partial charge in [0, 0.05) is 31.7 Å². The first kappa shape index (κ1) is 15.5. The van der Waals surface area contributed by atoms with Gasteiger partial charge in [-0.25, -0.2) is 0 Å². The van der Waals surface area contributed by atoms with E-state index >= 15 is 0 Å². The molecule has 1 atom stereocenters. The van der Waals surface area contributed by atoms with E-state index in [1.807, 2.05) is 0 Å². The van der Waals surface area contributed by atoms with Crippen molar-refractivity contribution in [1.82, 2.24) is 10.6 Å². The summed E-state index contributed by atoms with van der Waals surface area (Å²) in [6.45, 7) is 2.35. The summed E-state index contributed by atoms with van der Waals surface area (Å²) in [5, 5.41) is 27.0. The number of nitro benzene ring substituents is 1. The molecule has 2 rings (SSSR count). The first-order chi connectivity index (χ1) is 8.63. The molecule has 8 heteroatoms. The highest BCUT2D eigenvalue weighted by Gasteiger charge is 2.24. The summed E-state index contributed by atoms with van der Waals surface area (Å²) in [6.07, 6.45) is 0. The molecule has 1 fully saturated rings. The zero-order valence-corrected chi connectivity index (χ0v) is 11.2. The number of aromatic hydroxyl groups is 1. The molecule has 0 aliphatic carbocycles. The minimum atomic E-state index is -0.613. The van der Waals surface area contributed by atoms with Gasteiger partial charge in [0.05, 0.1) is 12.0 Å². The smallest absolute Gasteiger partial charge is 0.314 e. The zero-order valence-electron chi connectivity index (χ0n) is 10.4. The Morgan fingerprint density at radius 3 is 2.74 bits per heavy atom. The van der Waals surface area contributed by atoms with Crippen LogP contribution in [-0.4, -0.2) is 36.8 Å². The summed E-state index contributed by atoms with van der Waals surface area (Å²) in [5.41, 5.74) is 0.389. The second kappa shape index (κ2) is 6.55. The highest BCUT2D eigenvalue weighted by atomic mass is 35.5. The molecule has 0 amide bonds. The van der Waals surface area contributed by atoms with Gasteiger partial charge in [-0.1, -0.05) is 0 Å². The van der Waals surface area contributed by atoms with E-state index < -0.39 is 10.7 Å². The molecule has 0 unspecified atom stereocenters. The minimum absolute atomic E-state index is 0. The number of nitro groups is 1. The molecule has 0 spiro atoms. The number of benzene rings is 1. The Labute approximate surface area is 116 Å². The Kier molecular flexibility index (Phi) is 5.34. The topological polar surface area (TPSA) is 96.7 Å². The molecule has 1 aliphatic heterocycles. The number of hydrogen-bond acceptors (Lipinski definition) is 6. The number of nitrogens with one attached hydrogen (secondary N) is 2. The summed E-state index contributed by atoms with van der Waals surface area (Å²) < 4.78 is 4.96. The Balaban J connectivity index is 0.00000180. The van der Waals surface area contributed by atoms with Crippen molar-refractivity contribution in [2.24, 2.45) is 0 Å². The Hall–Kier alpha value is -1.57. The number of piperazine rings is 1. The molecule has 19 heavy (non-hydrogen) atoms. The molecule has 7 nitrogen and oxygen atoms in total. The predicted octanol–water partition coefficient (Wildman–Crippen LogP) is 0.965. The number of phenolic OH excluding ortho intramolecular Hbond substituents is 1. The number of nitrogens with zero attached hydrogens (tertiary/aromatic N) is 1. The highest BCUT2D eigenvalue weighted by molar-refractivity contribution is 5.85. The van der Waals surface area contributed by atoms with Crippen LogP contribution in [0.5, 0.6) is 11.5 Å². The van der Waals surface area contributed by atoms with Gasteiger partial charge in [-0.15, -0.1) is 12.4 Å². The minimum Gasteiger partial charge on any atom is -0.500 e. The van der Waals surface area contributed by atoms with E-state index in [4.69, 9.17) is 4.74 Å². The third-order valence-electron chi connectivity index (χ3n) is 2.94. The summed E-state index contributed by atoms with van der Waals surface area (Å²) in [5.74, 6) is -0.318. The first-order valence-electron chi connectivity index (χ1n) is 5.63. The van der Waals surface area contributed by atoms with Crippen molar-refractivity contribution in [3.05, 3.63) is 27.8 Å². The molecule has 3 N–H and O–H groups in total. The van der Waals surface area contributed by atoms with E-state index in [9.17, 15) is 15.2 Å². The highest BCUT2D eigenvalue weighted by Crippen LogP contribution is 2.38. The van der Waals surface area contributed by atoms with Crippen molar-refractivity contribution in [2.75, 3.05) is 26.7 Å². The van der Waals surface area contributed by atoms with Crippen LogP contribution in [0.25, 0.3) is 0 Å². The van der Waals surface area contributed by atoms with Gasteiger partial charge >= 0.3 is 5.69 Å². The maximum absolute atomic E-state index is 10.9. The van der Waals surface area contributed by atoms with Gasteiger partial charge < -0.3 is 20.5 Å². The van der Waals surface area contributed by atoms with E-state index in [1.54, 1.807) is 6.07 Å². The molecule has 0 saturated carbocycles. The fourth-order valence-corrected chi connectivity index (χ4v) is 2.00. The van der Waals surface area contributed by atoms with Gasteiger partial charge in [0.15, 0.2) is 5.75 Å². The SMILES string of the molecule is COc1cc([C@@H]2CNCCN2)cc([N+](=O)[O-])c1O.Cl. The molecule has 106 valence electrons. The first-order valence-corrected chi connectivity index (χ1v) is 5.63. The number of halogens is 1. The van der Waals surface area contributed by atoms with Crippen molar-refractivity contribution in [2.45, 2.75) is 6.04 Å². The largest absolute Gasteiger partial charge is 0.500 e. The van der Waals surface area contributed by atoms with Crippen LogP contribution in [0.1, 0.15) is 11.6 Å². The summed E-state index contributed by atoms with van der Waals surface area (Å²) in [6, 6.07) is 2.97. The van der Waals surface area contributed by atoms with Crippen LogP contribution in [0.15, 0.2) is 12.1 Å². The summed E-state index contributed by atoms with van der Waals surface area (Å²) in [7, 11) is 1.37. The average Bonchev–Trinajstić information content (AvgIpc) is 2.39. The Morgan fingerprint density at radius 1 is 1.47 bits per heavy atom. The fraction of sp³-hybridized carbons (Fsp3) is 0.455. The molecule has 0 aromatic heterocycles. The van der Waals surface area contributed by atoms with Crippen molar-refractivity contribution in [1.29, 1.82) is 0 Å². The maximum atomic E-state index is 10.9. The lowest BCUT2D eigenvalue weighted by atomic mass is 10.0. The van der Waals surface area contributed by atoms with Crippen LogP contribution in [0, 0.1) is 10.1 Å². The molecule has 1 aliphatic rings. The monoisotopic (exact) mass is 289 g/mol. The van der Waals surface area contributed by atoms with E-state index in [0.29, 0.717) is 6.54 Å². The number of hydrogen-bond donors (Lipinski definition) is 3. The second-order valence-electron chi connectivity index (χ2n) is 4.06. The van der Waals surface area contributed by atoms with Crippen LogP contribution in [0.2, 0.25) is 0 Å². The van der Waals surface area contributed by atoms with Crippen molar-refractivity contribution < 1.29 is 14.8 Å². The lowest BCUT2D eigenvalue weighted by Crippen LogP contribution is -2.42. The number of phenols is 1. The molecule has 0 radical (unpaired) electrons. The fourth-order valence-electron chi connectivity index (χ4n) is 2.00. The van der Waals surface area contributed by atoms with Crippen LogP contribution in [-0.2, 0) is 0 Å². The second-order valence-corrected chi connectivity index (χ2v) is 4.06. The van der Waals surface area contributed by atoms with Crippen LogP contribution >= 0.6 is 12.4 Å². The van der Waals surface area contributed by atoms with Crippen LogP contribution in [0.4, 0.5) is 5.69 Å². The molecule has 1 aromatic carbocycles. The van der Waals surface area contributed by atoms with Gasteiger partial charge in [-0.3, -0.25) is 10.1 Å². The van der Waals surface area contributed by atoms with Gasteiger partial charge in [-0.05, 0) is 11.6 Å². The van der Waals surface area contributed by atoms with Gasteiger partial charge in [0.25, 0.3) is 0 Å². The van der Waals surface area contributed by atoms with Gasteiger partial charge in [0.2, 0.25) is 5.75 Å². The van der Waals surface area contributed by atoms with E-state index in [0.717, 1.165) is 18.7 Å². The summed E-state index contributed by atoms with van der Waals surface area (Å²) in [4.78, 5) is 10.3. The van der Waals surface area contributed by atoms with Gasteiger partial charge in [0.1, 0.15) is 0 Å². The summed E-state index contributed by atoms with van der Waals surface area (Å²) >= 11 is 0. The molecule has 1 saturated heterocycles. The normalized spacial score (nSPS) is 18.5. The lowest BCUT2D eigenvalue weighted by Gasteiger charge is -2.25. The third kappa shape index (κ3) is 3.25. The zero-order chi connectivity index (χ0) is 13.1. The number of methoxy groups -OCH3 is 1. The quantitative estimate of drug-likeness (QED) is 0.567. The van der Waals surface area contributed by atoms with Crippen molar-refractivity contribution >= 4 is 18.1 Å². The van der Waals surface area contributed by atoms with E-state index in [1.165, 1.54) is 13.2 Å². The van der Waals surface area contributed by atoms with Crippen molar-refractivity contribution in [3.63, 3.8) is 0 Å². The maximum Gasteiger partial charge on any atom is 0.314 e. The van der Waals surface area contributed by atoms with Crippen LogP contribution < -0.4 is 15.4 Å². The molecular weight excluding hydrogens is 274 g/mol. The molecular formula is C11H16ClN3O4. The van der Waals surface area contributed by atoms with Crippen molar-refractivity contribution in [3.8, 4) is 11.5 Å². The van der Waals surface area contributed by atoms with E-state index in [2.05, 4.69) is 10.6 Å².